The third-order valence-electron chi connectivity index (χ3n) is 1.97. The molecule has 0 aliphatic carbocycles. The lowest BCUT2D eigenvalue weighted by molar-refractivity contribution is -0.137. The first-order valence-electron chi connectivity index (χ1n) is 5.02. The molecule has 0 aliphatic rings. The zero-order valence-corrected chi connectivity index (χ0v) is 9.51. The fraction of sp³-hybridized carbons (Fsp3) is 0.154. The summed E-state index contributed by atoms with van der Waals surface area (Å²) in [6.45, 7) is 5.16. The molecular weight excluding hydrogens is 220 g/mol. The van der Waals surface area contributed by atoms with Crippen LogP contribution in [0.15, 0.2) is 36.4 Å². The van der Waals surface area contributed by atoms with E-state index in [0.29, 0.717) is 11.1 Å². The lowest BCUT2D eigenvalue weighted by Crippen LogP contribution is -2.04. The van der Waals surface area contributed by atoms with E-state index < -0.39 is 5.97 Å². The third kappa shape index (κ3) is 4.03. The molecule has 4 nitrogen and oxygen atoms in total. The van der Waals surface area contributed by atoms with Gasteiger partial charge >= 0.3 is 5.97 Å². The van der Waals surface area contributed by atoms with Gasteiger partial charge < -0.3 is 14.9 Å². The van der Waals surface area contributed by atoms with Crippen LogP contribution < -0.4 is 0 Å². The summed E-state index contributed by atoms with van der Waals surface area (Å²) < 4.78 is 4.84. The molecule has 0 heterocycles. The molecule has 0 radical (unpaired) electrons. The van der Waals surface area contributed by atoms with Gasteiger partial charge in [-0.15, -0.1) is 0 Å². The largest absolute Gasteiger partial charge is 0.504 e. The standard InChI is InChI=1S/C13H14O4/c1-9(2)13(16)17-7-3-4-10-5-6-11(14)12(15)8-10/h3-6,8,14-15H,1,7H2,2H3. The lowest BCUT2D eigenvalue weighted by Gasteiger charge is -2.00. The Morgan fingerprint density at radius 1 is 1.41 bits per heavy atom. The second-order valence-corrected chi connectivity index (χ2v) is 3.53. The average Bonchev–Trinajstić information content (AvgIpc) is 2.28. The maximum atomic E-state index is 11.0. The van der Waals surface area contributed by atoms with Crippen LogP contribution in [0, 0.1) is 0 Å². The zero-order valence-electron chi connectivity index (χ0n) is 9.51. The highest BCUT2D eigenvalue weighted by molar-refractivity contribution is 5.87. The molecule has 1 rings (SSSR count). The van der Waals surface area contributed by atoms with Crippen molar-refractivity contribution >= 4 is 12.0 Å². The van der Waals surface area contributed by atoms with Crippen LogP contribution in [0.4, 0.5) is 0 Å². The number of carbonyl (C=O) groups is 1. The summed E-state index contributed by atoms with van der Waals surface area (Å²) in [5, 5.41) is 18.3. The van der Waals surface area contributed by atoms with Gasteiger partial charge in [0.05, 0.1) is 0 Å². The van der Waals surface area contributed by atoms with Crippen molar-refractivity contribution in [3.05, 3.63) is 42.0 Å². The Labute approximate surface area is 99.5 Å². The second kappa shape index (κ2) is 5.75. The number of esters is 1. The predicted octanol–water partition coefficient (Wildman–Crippen LogP) is 2.23. The number of phenolic OH excluding ortho intramolecular Hbond substituents is 2. The van der Waals surface area contributed by atoms with E-state index in [4.69, 9.17) is 9.84 Å². The smallest absolute Gasteiger partial charge is 0.333 e. The molecule has 0 amide bonds. The van der Waals surface area contributed by atoms with Gasteiger partial charge in [-0.2, -0.15) is 0 Å². The summed E-state index contributed by atoms with van der Waals surface area (Å²) in [6, 6.07) is 4.42. The summed E-state index contributed by atoms with van der Waals surface area (Å²) in [6.07, 6.45) is 3.30. The lowest BCUT2D eigenvalue weighted by atomic mass is 10.2. The molecule has 0 saturated heterocycles. The van der Waals surface area contributed by atoms with Crippen molar-refractivity contribution in [1.29, 1.82) is 0 Å². The minimum absolute atomic E-state index is 0.132. The number of phenols is 2. The van der Waals surface area contributed by atoms with Crippen LogP contribution in [0.5, 0.6) is 11.5 Å². The Balaban J connectivity index is 2.51. The van der Waals surface area contributed by atoms with Crippen LogP contribution in [0.1, 0.15) is 12.5 Å². The molecule has 0 fully saturated rings. The molecule has 0 bridgehead atoms. The Kier molecular flexibility index (Phi) is 4.34. The number of benzene rings is 1. The number of ether oxygens (including phenoxy) is 1. The van der Waals surface area contributed by atoms with Gasteiger partial charge in [-0.05, 0) is 30.7 Å². The molecule has 0 aromatic heterocycles. The molecule has 0 atom stereocenters. The molecule has 0 spiro atoms. The maximum Gasteiger partial charge on any atom is 0.333 e. The molecular formula is C13H14O4. The van der Waals surface area contributed by atoms with Crippen molar-refractivity contribution in [2.75, 3.05) is 6.61 Å². The van der Waals surface area contributed by atoms with Crippen LogP contribution >= 0.6 is 0 Å². The SMILES string of the molecule is C=C(C)C(=O)OCC=Cc1ccc(O)c(O)c1. The van der Waals surface area contributed by atoms with Crippen LogP contribution in [0.25, 0.3) is 6.08 Å². The van der Waals surface area contributed by atoms with Gasteiger partial charge in [0, 0.05) is 5.57 Å². The van der Waals surface area contributed by atoms with E-state index in [1.54, 1.807) is 25.1 Å². The monoisotopic (exact) mass is 234 g/mol. The van der Waals surface area contributed by atoms with Crippen LogP contribution in [-0.4, -0.2) is 22.8 Å². The fourth-order valence-electron chi connectivity index (χ4n) is 1.08. The number of hydrogen-bond acceptors (Lipinski definition) is 4. The Morgan fingerprint density at radius 2 is 2.12 bits per heavy atom. The van der Waals surface area contributed by atoms with Gasteiger partial charge in [-0.3, -0.25) is 0 Å². The molecule has 4 heteroatoms. The van der Waals surface area contributed by atoms with Gasteiger partial charge in [-0.25, -0.2) is 4.79 Å². The number of carbonyl (C=O) groups excluding carboxylic acids is 1. The quantitative estimate of drug-likeness (QED) is 0.476. The summed E-state index contributed by atoms with van der Waals surface area (Å²) in [4.78, 5) is 11.0. The molecule has 90 valence electrons. The minimum atomic E-state index is -0.441. The van der Waals surface area contributed by atoms with E-state index in [1.165, 1.54) is 12.1 Å². The highest BCUT2D eigenvalue weighted by Crippen LogP contribution is 2.25. The number of aromatic hydroxyl groups is 2. The normalized spacial score (nSPS) is 10.4. The first-order chi connectivity index (χ1) is 8.00. The molecule has 17 heavy (non-hydrogen) atoms. The van der Waals surface area contributed by atoms with Crippen molar-refractivity contribution in [3.8, 4) is 11.5 Å². The van der Waals surface area contributed by atoms with E-state index in [-0.39, 0.29) is 18.1 Å². The fourth-order valence-corrected chi connectivity index (χ4v) is 1.08. The van der Waals surface area contributed by atoms with Crippen molar-refractivity contribution in [2.24, 2.45) is 0 Å². The maximum absolute atomic E-state index is 11.0. The first kappa shape index (κ1) is 12.8. The van der Waals surface area contributed by atoms with Crippen LogP contribution in [0.3, 0.4) is 0 Å². The molecule has 1 aromatic rings. The summed E-state index contributed by atoms with van der Waals surface area (Å²) in [5.74, 6) is -0.801. The van der Waals surface area contributed by atoms with Gasteiger partial charge in [0.1, 0.15) is 6.61 Å². The summed E-state index contributed by atoms with van der Waals surface area (Å²) >= 11 is 0. The van der Waals surface area contributed by atoms with Gasteiger partial charge in [0.2, 0.25) is 0 Å². The predicted molar refractivity (Wildman–Crippen MR) is 64.6 cm³/mol. The van der Waals surface area contributed by atoms with Crippen molar-refractivity contribution in [1.82, 2.24) is 0 Å². The highest BCUT2D eigenvalue weighted by Gasteiger charge is 2.00. The van der Waals surface area contributed by atoms with E-state index in [9.17, 15) is 9.90 Å². The number of rotatable bonds is 4. The molecule has 0 aliphatic heterocycles. The van der Waals surface area contributed by atoms with Gasteiger partial charge in [0.25, 0.3) is 0 Å². The van der Waals surface area contributed by atoms with E-state index >= 15 is 0 Å². The molecule has 0 unspecified atom stereocenters. The van der Waals surface area contributed by atoms with Crippen molar-refractivity contribution in [2.45, 2.75) is 6.92 Å². The van der Waals surface area contributed by atoms with Crippen molar-refractivity contribution in [3.63, 3.8) is 0 Å². The topological polar surface area (TPSA) is 66.8 Å². The summed E-state index contributed by atoms with van der Waals surface area (Å²) in [7, 11) is 0. The average molecular weight is 234 g/mol. The van der Waals surface area contributed by atoms with E-state index in [1.807, 2.05) is 0 Å². The number of hydrogen-bond donors (Lipinski definition) is 2. The molecule has 0 saturated carbocycles. The van der Waals surface area contributed by atoms with Crippen LogP contribution in [-0.2, 0) is 9.53 Å². The van der Waals surface area contributed by atoms with Crippen molar-refractivity contribution < 1.29 is 19.7 Å². The Bertz CT molecular complexity index is 460. The van der Waals surface area contributed by atoms with Gasteiger partial charge in [-0.1, -0.05) is 18.7 Å². The Morgan fingerprint density at radius 3 is 2.71 bits per heavy atom. The third-order valence-corrected chi connectivity index (χ3v) is 1.97. The first-order valence-corrected chi connectivity index (χ1v) is 5.02. The van der Waals surface area contributed by atoms with Gasteiger partial charge in [0.15, 0.2) is 11.5 Å². The minimum Gasteiger partial charge on any atom is -0.504 e. The van der Waals surface area contributed by atoms with Crippen LogP contribution in [0.2, 0.25) is 0 Å². The molecule has 2 N–H and O–H groups in total. The van der Waals surface area contributed by atoms with E-state index in [2.05, 4.69) is 6.58 Å². The summed E-state index contributed by atoms with van der Waals surface area (Å²) in [5.41, 5.74) is 1.05. The highest BCUT2D eigenvalue weighted by atomic mass is 16.5. The zero-order chi connectivity index (χ0) is 12.8. The van der Waals surface area contributed by atoms with E-state index in [0.717, 1.165) is 0 Å². The Hall–Kier alpha value is -2.23. The molecule has 1 aromatic carbocycles. The second-order valence-electron chi connectivity index (χ2n) is 3.53.